The Hall–Kier alpha value is -0.293. The second-order valence-electron chi connectivity index (χ2n) is 4.22. The van der Waals surface area contributed by atoms with E-state index in [9.17, 15) is 18.0 Å². The van der Waals surface area contributed by atoms with Gasteiger partial charge in [0.1, 0.15) is 0 Å². The van der Waals surface area contributed by atoms with Gasteiger partial charge in [-0.3, -0.25) is 0 Å². The maximum atomic E-state index is 10.7. The molecule has 0 spiro atoms. The van der Waals surface area contributed by atoms with Crippen molar-refractivity contribution in [2.75, 3.05) is 39.3 Å². The van der Waals surface area contributed by atoms with E-state index in [0.29, 0.717) is 0 Å². The van der Waals surface area contributed by atoms with Gasteiger partial charge in [0.2, 0.25) is 0 Å². The molecule has 6 nitrogen and oxygen atoms in total. The van der Waals surface area contributed by atoms with Gasteiger partial charge < -0.3 is 13.7 Å². The van der Waals surface area contributed by atoms with E-state index >= 15 is 0 Å². The minimum atomic E-state index is -3.68. The van der Waals surface area contributed by atoms with Gasteiger partial charge in [0.05, 0.1) is 0 Å². The summed E-state index contributed by atoms with van der Waals surface area (Å²) < 4.78 is 41.2. The number of halogens is 2. The molecule has 0 atom stereocenters. The van der Waals surface area contributed by atoms with Crippen molar-refractivity contribution in [1.82, 2.24) is 12.9 Å². The molecule has 0 bridgehead atoms. The monoisotopic (exact) mass is 375 g/mol. The van der Waals surface area contributed by atoms with Gasteiger partial charge in [0, 0.05) is 39.3 Å². The van der Waals surface area contributed by atoms with Crippen molar-refractivity contribution >= 4 is 20.6 Å². The molecule has 0 fully saturated rings. The van der Waals surface area contributed by atoms with E-state index in [1.54, 1.807) is 0 Å². The van der Waals surface area contributed by atoms with E-state index in [0.717, 1.165) is 39.3 Å². The highest BCUT2D eigenvalue weighted by Gasteiger charge is 2.38. The van der Waals surface area contributed by atoms with Crippen LogP contribution in [-0.2, 0) is 20.3 Å². The highest BCUT2D eigenvalue weighted by Crippen LogP contribution is 2.16. The Bertz CT molecular complexity index is 267. The van der Waals surface area contributed by atoms with Crippen LogP contribution in [-0.4, -0.2) is 68.0 Å². The molecule has 23 heavy (non-hydrogen) atoms. The lowest BCUT2D eigenvalue weighted by Gasteiger charge is -2.30. The van der Waals surface area contributed by atoms with Crippen molar-refractivity contribution in [3.05, 3.63) is 0 Å². The van der Waals surface area contributed by atoms with Gasteiger partial charge in [-0.1, -0.05) is 12.9 Å². The predicted octanol–water partition coefficient (Wildman–Crippen LogP) is 1.38. The first-order chi connectivity index (χ1) is 10.8. The summed E-state index contributed by atoms with van der Waals surface area (Å²) in [6, 6.07) is 0. The van der Waals surface area contributed by atoms with Crippen molar-refractivity contribution in [3.63, 3.8) is 0 Å². The standard InChI is InChI=1S/C12H30N3S.CHF2O3Si/c1-7-13(8-2)16(14(9-3)10-4)15(11-5)12-6;2-1(3)6-7(4)5/h7-12H2,1-6H3;1H/q+1;-1. The van der Waals surface area contributed by atoms with Crippen molar-refractivity contribution in [3.8, 4) is 0 Å². The van der Waals surface area contributed by atoms with Gasteiger partial charge in [0.25, 0.3) is 11.5 Å². The maximum absolute atomic E-state index is 10.7. The fourth-order valence-electron chi connectivity index (χ4n) is 1.93. The molecule has 0 radical (unpaired) electrons. The lowest BCUT2D eigenvalue weighted by molar-refractivity contribution is -0.250. The van der Waals surface area contributed by atoms with Crippen molar-refractivity contribution in [2.24, 2.45) is 0 Å². The SMILES string of the molecule is CCN(CC)[S+](N(CC)CC)N(CC)CC.O=[Si]([O-])OC(F)F. The van der Waals surface area contributed by atoms with Gasteiger partial charge in [-0.2, -0.15) is 8.78 Å². The van der Waals surface area contributed by atoms with E-state index < -0.39 is 15.8 Å². The summed E-state index contributed by atoms with van der Waals surface area (Å²) in [5, 5.41) is 0. The molecule has 0 heterocycles. The van der Waals surface area contributed by atoms with E-state index in [-0.39, 0.29) is 11.5 Å². The molecule has 0 aromatic rings. The fraction of sp³-hybridized carbons (Fsp3) is 1.00. The molecule has 0 saturated heterocycles. The van der Waals surface area contributed by atoms with Gasteiger partial charge >= 0.3 is 15.8 Å². The minimum absolute atomic E-state index is 0.162. The smallest absolute Gasteiger partial charge is 0.417 e. The van der Waals surface area contributed by atoms with Crippen LogP contribution in [0.2, 0.25) is 0 Å². The third-order valence-electron chi connectivity index (χ3n) is 2.99. The van der Waals surface area contributed by atoms with Crippen LogP contribution in [0.1, 0.15) is 41.5 Å². The van der Waals surface area contributed by atoms with Crippen LogP contribution in [0.25, 0.3) is 0 Å². The van der Waals surface area contributed by atoms with Crippen LogP contribution in [0.5, 0.6) is 0 Å². The van der Waals surface area contributed by atoms with Crippen LogP contribution >= 0.6 is 0 Å². The van der Waals surface area contributed by atoms with E-state index in [2.05, 4.69) is 58.9 Å². The molecule has 0 aromatic carbocycles. The van der Waals surface area contributed by atoms with Gasteiger partial charge in [-0.15, -0.1) is 0 Å². The zero-order chi connectivity index (χ0) is 18.4. The Morgan fingerprint density at radius 2 is 1.13 bits per heavy atom. The summed E-state index contributed by atoms with van der Waals surface area (Å²) in [6.07, 6.45) is 0. The summed E-state index contributed by atoms with van der Waals surface area (Å²) >= 11 is 0.162. The Morgan fingerprint density at radius 3 is 1.22 bits per heavy atom. The highest BCUT2D eigenvalue weighted by molar-refractivity contribution is 7.90. The molecule has 0 amide bonds. The molecule has 10 heteroatoms. The van der Waals surface area contributed by atoms with E-state index in [1.165, 1.54) is 0 Å². The molecule has 0 aromatic heterocycles. The second-order valence-corrected chi connectivity index (χ2v) is 6.99. The number of hydrogen-bond acceptors (Lipinski definition) is 6. The minimum Gasteiger partial charge on any atom is -0.536 e. The molecule has 0 rings (SSSR count). The zero-order valence-electron chi connectivity index (χ0n) is 15.1. The third kappa shape index (κ3) is 11.0. The van der Waals surface area contributed by atoms with Crippen LogP contribution in [0.15, 0.2) is 0 Å². The van der Waals surface area contributed by atoms with Crippen LogP contribution in [0.3, 0.4) is 0 Å². The van der Waals surface area contributed by atoms with Crippen molar-refractivity contribution < 1.29 is 22.5 Å². The van der Waals surface area contributed by atoms with E-state index in [4.69, 9.17) is 0 Å². The summed E-state index contributed by atoms with van der Waals surface area (Å²) in [6.45, 7) is 17.1. The normalized spacial score (nSPS) is 11.3. The molecule has 0 unspecified atom stereocenters. The van der Waals surface area contributed by atoms with Gasteiger partial charge in [-0.25, -0.2) is 0 Å². The van der Waals surface area contributed by atoms with Crippen LogP contribution in [0.4, 0.5) is 8.78 Å². The first-order valence-corrected chi connectivity index (χ1v) is 10.3. The number of nitrogens with zero attached hydrogens (tertiary/aromatic N) is 3. The lowest BCUT2D eigenvalue weighted by Crippen LogP contribution is -2.53. The average molecular weight is 376 g/mol. The van der Waals surface area contributed by atoms with Crippen LogP contribution < -0.4 is 4.80 Å². The largest absolute Gasteiger partial charge is 0.536 e. The molecule has 0 saturated carbocycles. The molecule has 0 aliphatic carbocycles. The summed E-state index contributed by atoms with van der Waals surface area (Å²) in [7, 11) is -3.68. The summed E-state index contributed by atoms with van der Waals surface area (Å²) in [5.74, 6) is 0. The van der Waals surface area contributed by atoms with Crippen LogP contribution in [0, 0.1) is 0 Å². The zero-order valence-corrected chi connectivity index (χ0v) is 16.9. The molecular formula is C13H31F2N3O3SSi. The number of alkyl halides is 2. The second kappa shape index (κ2) is 15.2. The van der Waals surface area contributed by atoms with Gasteiger partial charge in [-0.05, 0) is 41.5 Å². The quantitative estimate of drug-likeness (QED) is 0.402. The third-order valence-corrected chi connectivity index (χ3v) is 6.30. The maximum Gasteiger partial charge on any atom is 0.417 e. The molecule has 0 aliphatic rings. The molecule has 140 valence electrons. The lowest BCUT2D eigenvalue weighted by atomic mass is 10.7. The first-order valence-electron chi connectivity index (χ1n) is 7.97. The average Bonchev–Trinajstić information content (AvgIpc) is 2.49. The molecule has 0 N–H and O–H groups in total. The van der Waals surface area contributed by atoms with Crippen molar-refractivity contribution in [2.45, 2.75) is 48.2 Å². The summed E-state index contributed by atoms with van der Waals surface area (Å²) in [5.41, 5.74) is 0. The fourth-order valence-corrected chi connectivity index (χ4v) is 4.44. The summed E-state index contributed by atoms with van der Waals surface area (Å²) in [4.78, 5) is 9.18. The number of rotatable bonds is 11. The molecular weight excluding hydrogens is 344 g/mol. The Balaban J connectivity index is 0. The predicted molar refractivity (Wildman–Crippen MR) is 89.7 cm³/mol. The Labute approximate surface area is 144 Å². The van der Waals surface area contributed by atoms with Crippen molar-refractivity contribution in [1.29, 1.82) is 0 Å². The first kappa shape index (κ1) is 25.0. The van der Waals surface area contributed by atoms with Gasteiger partial charge in [0.15, 0.2) is 0 Å². The Morgan fingerprint density at radius 1 is 0.870 bits per heavy atom. The Kier molecular flexibility index (Phi) is 16.5. The highest BCUT2D eigenvalue weighted by atomic mass is 32.2. The molecule has 0 aliphatic heterocycles. The van der Waals surface area contributed by atoms with E-state index in [1.807, 2.05) is 0 Å². The number of hydrogen-bond donors (Lipinski definition) is 0. The topological polar surface area (TPSA) is 59.1 Å².